The molecule has 144 valence electrons. The summed E-state index contributed by atoms with van der Waals surface area (Å²) in [5, 5.41) is 12.8. The molecule has 26 heavy (non-hydrogen) atoms. The van der Waals surface area contributed by atoms with E-state index in [9.17, 15) is 9.90 Å². The van der Waals surface area contributed by atoms with E-state index in [1.165, 1.54) is 0 Å². The van der Waals surface area contributed by atoms with Crippen LogP contribution in [0.3, 0.4) is 0 Å². The van der Waals surface area contributed by atoms with Gasteiger partial charge in [-0.15, -0.1) is 0 Å². The number of carbonyl (C=O) groups excluding carboxylic acids is 1. The van der Waals surface area contributed by atoms with E-state index in [0.717, 1.165) is 49.4 Å². The Morgan fingerprint density at radius 1 is 1.23 bits per heavy atom. The van der Waals surface area contributed by atoms with Crippen molar-refractivity contribution in [2.45, 2.75) is 45.3 Å². The van der Waals surface area contributed by atoms with E-state index >= 15 is 0 Å². The van der Waals surface area contributed by atoms with Crippen molar-refractivity contribution in [1.82, 2.24) is 10.2 Å². The lowest BCUT2D eigenvalue weighted by Crippen LogP contribution is -2.44. The predicted octanol–water partition coefficient (Wildman–Crippen LogP) is 2.12. The monoisotopic (exact) mass is 362 g/mol. The summed E-state index contributed by atoms with van der Waals surface area (Å²) in [6.45, 7) is 7.43. The predicted molar refractivity (Wildman–Crippen MR) is 99.5 cm³/mol. The van der Waals surface area contributed by atoms with Gasteiger partial charge in [-0.3, -0.25) is 9.69 Å². The molecule has 2 N–H and O–H groups in total. The Labute approximate surface area is 155 Å². The summed E-state index contributed by atoms with van der Waals surface area (Å²) in [5.74, 6) is 1.80. The van der Waals surface area contributed by atoms with Crippen LogP contribution in [0.15, 0.2) is 18.2 Å². The molecular formula is C20H30N2O4. The average molecular weight is 362 g/mol. The van der Waals surface area contributed by atoms with Gasteiger partial charge in [0.15, 0.2) is 11.5 Å². The molecule has 0 saturated carbocycles. The highest BCUT2D eigenvalue weighted by molar-refractivity contribution is 5.78. The van der Waals surface area contributed by atoms with Crippen LogP contribution in [0.5, 0.6) is 11.5 Å². The van der Waals surface area contributed by atoms with E-state index in [1.54, 1.807) is 0 Å². The van der Waals surface area contributed by atoms with Crippen molar-refractivity contribution >= 4 is 5.91 Å². The van der Waals surface area contributed by atoms with Gasteiger partial charge in [0.2, 0.25) is 5.91 Å². The van der Waals surface area contributed by atoms with Gasteiger partial charge in [0.25, 0.3) is 0 Å². The molecule has 2 heterocycles. The molecule has 1 amide bonds. The van der Waals surface area contributed by atoms with Gasteiger partial charge in [0, 0.05) is 19.5 Å². The zero-order valence-electron chi connectivity index (χ0n) is 15.7. The first-order valence-corrected chi connectivity index (χ1v) is 9.62. The lowest BCUT2D eigenvalue weighted by Gasteiger charge is -2.30. The fourth-order valence-electron chi connectivity index (χ4n) is 3.51. The van der Waals surface area contributed by atoms with Crippen LogP contribution in [0.25, 0.3) is 0 Å². The number of nitrogens with zero attached hydrogens (tertiary/aromatic N) is 1. The molecule has 1 atom stereocenters. The summed E-state index contributed by atoms with van der Waals surface area (Å²) in [4.78, 5) is 14.7. The van der Waals surface area contributed by atoms with E-state index in [1.807, 2.05) is 18.2 Å². The number of aliphatic hydroxyl groups is 1. The molecule has 0 spiro atoms. The van der Waals surface area contributed by atoms with Gasteiger partial charge in [-0.1, -0.05) is 19.9 Å². The second kappa shape index (κ2) is 8.73. The molecule has 6 heteroatoms. The lowest BCUT2D eigenvalue weighted by atomic mass is 9.95. The molecule has 0 aliphatic carbocycles. The van der Waals surface area contributed by atoms with Gasteiger partial charge in [0.05, 0.1) is 31.9 Å². The van der Waals surface area contributed by atoms with Crippen molar-refractivity contribution in [3.05, 3.63) is 23.8 Å². The maximum Gasteiger partial charge on any atom is 0.234 e. The Balaban J connectivity index is 1.65. The third-order valence-electron chi connectivity index (χ3n) is 5.04. The first-order valence-electron chi connectivity index (χ1n) is 9.62. The van der Waals surface area contributed by atoms with Gasteiger partial charge in [0.1, 0.15) is 0 Å². The minimum atomic E-state index is -0.223. The van der Waals surface area contributed by atoms with Crippen LogP contribution >= 0.6 is 0 Å². The largest absolute Gasteiger partial charge is 0.490 e. The number of fused-ring (bicyclic) bond motifs is 1. The summed E-state index contributed by atoms with van der Waals surface area (Å²) in [6, 6.07) is 5.86. The zero-order valence-corrected chi connectivity index (χ0v) is 15.7. The molecule has 2 aliphatic heterocycles. The molecule has 3 rings (SSSR count). The van der Waals surface area contributed by atoms with Crippen LogP contribution in [0.1, 0.15) is 44.7 Å². The summed E-state index contributed by atoms with van der Waals surface area (Å²) in [6.07, 6.45) is 2.13. The SMILES string of the molecule is CC(C)C(NC(=O)CN1CCC(O)CC1)c1ccc2c(c1)OCCCO2. The molecule has 1 fully saturated rings. The van der Waals surface area contributed by atoms with Crippen molar-refractivity contribution < 1.29 is 19.4 Å². The third kappa shape index (κ3) is 4.89. The molecule has 6 nitrogen and oxygen atoms in total. The molecule has 0 bridgehead atoms. The molecule has 0 aromatic heterocycles. The first kappa shape index (κ1) is 19.0. The summed E-state index contributed by atoms with van der Waals surface area (Å²) in [5.41, 5.74) is 1.03. The number of nitrogens with one attached hydrogen (secondary N) is 1. The number of benzene rings is 1. The smallest absolute Gasteiger partial charge is 0.234 e. The van der Waals surface area contributed by atoms with Crippen LogP contribution < -0.4 is 14.8 Å². The van der Waals surface area contributed by atoms with Crippen molar-refractivity contribution in [3.8, 4) is 11.5 Å². The number of likely N-dealkylation sites (tertiary alicyclic amines) is 1. The van der Waals surface area contributed by atoms with Crippen LogP contribution in [0.4, 0.5) is 0 Å². The number of amides is 1. The highest BCUT2D eigenvalue weighted by Crippen LogP contribution is 2.34. The quantitative estimate of drug-likeness (QED) is 0.840. The van der Waals surface area contributed by atoms with Crippen molar-refractivity contribution in [2.24, 2.45) is 5.92 Å². The number of ether oxygens (including phenoxy) is 2. The molecule has 1 unspecified atom stereocenters. The summed E-state index contributed by atoms with van der Waals surface area (Å²) < 4.78 is 11.5. The Bertz CT molecular complexity index is 612. The number of hydrogen-bond acceptors (Lipinski definition) is 5. The maximum absolute atomic E-state index is 12.6. The van der Waals surface area contributed by atoms with Crippen molar-refractivity contribution in [2.75, 3.05) is 32.8 Å². The first-order chi connectivity index (χ1) is 12.5. The minimum Gasteiger partial charge on any atom is -0.490 e. The minimum absolute atomic E-state index is 0.0206. The topological polar surface area (TPSA) is 71.0 Å². The average Bonchev–Trinajstić information content (AvgIpc) is 2.86. The van der Waals surface area contributed by atoms with E-state index in [-0.39, 0.29) is 24.0 Å². The molecule has 1 aromatic rings. The van der Waals surface area contributed by atoms with Gasteiger partial charge in [-0.05, 0) is 36.5 Å². The van der Waals surface area contributed by atoms with Gasteiger partial charge < -0.3 is 19.9 Å². The van der Waals surface area contributed by atoms with Crippen molar-refractivity contribution in [3.63, 3.8) is 0 Å². The van der Waals surface area contributed by atoms with Crippen LogP contribution in [-0.4, -0.2) is 54.9 Å². The molecule has 1 saturated heterocycles. The van der Waals surface area contributed by atoms with Gasteiger partial charge in [-0.25, -0.2) is 0 Å². The normalized spacial score (nSPS) is 19.8. The van der Waals surface area contributed by atoms with E-state index in [0.29, 0.717) is 19.8 Å². The Morgan fingerprint density at radius 2 is 1.92 bits per heavy atom. The third-order valence-corrected chi connectivity index (χ3v) is 5.04. The van der Waals surface area contributed by atoms with Gasteiger partial charge in [-0.2, -0.15) is 0 Å². The van der Waals surface area contributed by atoms with Crippen molar-refractivity contribution in [1.29, 1.82) is 0 Å². The lowest BCUT2D eigenvalue weighted by molar-refractivity contribution is -0.123. The van der Waals surface area contributed by atoms with Gasteiger partial charge >= 0.3 is 0 Å². The standard InChI is InChI=1S/C20H30N2O4/c1-14(2)20(21-19(24)13-22-8-6-16(23)7-9-22)15-4-5-17-18(12-15)26-11-3-10-25-17/h4-5,12,14,16,20,23H,3,6-11,13H2,1-2H3,(H,21,24). The zero-order chi connectivity index (χ0) is 18.5. The second-order valence-electron chi connectivity index (χ2n) is 7.55. The number of hydrogen-bond donors (Lipinski definition) is 2. The summed E-state index contributed by atoms with van der Waals surface area (Å²) >= 11 is 0. The van der Waals surface area contributed by atoms with E-state index < -0.39 is 0 Å². The molecule has 0 radical (unpaired) electrons. The second-order valence-corrected chi connectivity index (χ2v) is 7.55. The number of carbonyl (C=O) groups is 1. The van der Waals surface area contributed by atoms with Crippen LogP contribution in [-0.2, 0) is 4.79 Å². The van der Waals surface area contributed by atoms with E-state index in [2.05, 4.69) is 24.1 Å². The molecular weight excluding hydrogens is 332 g/mol. The summed E-state index contributed by atoms with van der Waals surface area (Å²) in [7, 11) is 0. The highest BCUT2D eigenvalue weighted by atomic mass is 16.5. The van der Waals surface area contributed by atoms with Crippen LogP contribution in [0, 0.1) is 5.92 Å². The van der Waals surface area contributed by atoms with E-state index in [4.69, 9.17) is 9.47 Å². The molecule has 1 aromatic carbocycles. The number of rotatable bonds is 5. The number of aliphatic hydroxyl groups excluding tert-OH is 1. The maximum atomic E-state index is 12.6. The molecule has 2 aliphatic rings. The Hall–Kier alpha value is -1.79. The highest BCUT2D eigenvalue weighted by Gasteiger charge is 2.23. The fraction of sp³-hybridized carbons (Fsp3) is 0.650. The Kier molecular flexibility index (Phi) is 6.38. The van der Waals surface area contributed by atoms with Crippen LogP contribution in [0.2, 0.25) is 0 Å². The Morgan fingerprint density at radius 3 is 2.62 bits per heavy atom. The number of piperidine rings is 1. The fourth-order valence-corrected chi connectivity index (χ4v) is 3.51.